The number of benzene rings is 1. The van der Waals surface area contributed by atoms with Crippen molar-refractivity contribution in [3.63, 3.8) is 0 Å². The average Bonchev–Trinajstić information content (AvgIpc) is 2.47. The summed E-state index contributed by atoms with van der Waals surface area (Å²) in [6.07, 6.45) is 6.84. The van der Waals surface area contributed by atoms with Crippen LogP contribution in [0, 0.1) is 0 Å². The maximum absolute atomic E-state index is 10.8. The summed E-state index contributed by atoms with van der Waals surface area (Å²) in [7, 11) is 0. The number of rotatable bonds is 2. The highest BCUT2D eigenvalue weighted by Gasteiger charge is 2.17. The summed E-state index contributed by atoms with van der Waals surface area (Å²) in [5.41, 5.74) is 1.96. The van der Waals surface area contributed by atoms with Crippen LogP contribution in [0.5, 0.6) is 5.75 Å². The van der Waals surface area contributed by atoms with Gasteiger partial charge in [0.2, 0.25) is 0 Å². The lowest BCUT2D eigenvalue weighted by Crippen LogP contribution is -2.06. The van der Waals surface area contributed by atoms with Crippen molar-refractivity contribution in [1.29, 1.82) is 0 Å². The molecule has 1 aromatic heterocycles. The molecule has 0 spiro atoms. The quantitative estimate of drug-likeness (QED) is 0.652. The van der Waals surface area contributed by atoms with Gasteiger partial charge in [-0.1, -0.05) is 25.3 Å². The summed E-state index contributed by atoms with van der Waals surface area (Å²) in [5.74, 6) is 0.902. The number of nitrogens with zero attached hydrogens (tertiary/aromatic N) is 1. The van der Waals surface area contributed by atoms with E-state index in [-0.39, 0.29) is 0 Å². The molecule has 1 aromatic carbocycles. The highest BCUT2D eigenvalue weighted by molar-refractivity contribution is 5.87. The molecule has 1 aliphatic carbocycles. The molecule has 104 valence electrons. The van der Waals surface area contributed by atoms with Gasteiger partial charge in [0.15, 0.2) is 0 Å². The molecule has 1 fully saturated rings. The third kappa shape index (κ3) is 2.59. The van der Waals surface area contributed by atoms with Crippen molar-refractivity contribution in [3.05, 3.63) is 36.0 Å². The van der Waals surface area contributed by atoms with E-state index in [1.54, 1.807) is 12.1 Å². The van der Waals surface area contributed by atoms with Crippen LogP contribution in [0.15, 0.2) is 30.5 Å². The molecule has 0 radical (unpaired) electrons. The van der Waals surface area contributed by atoms with E-state index in [4.69, 9.17) is 9.84 Å². The minimum absolute atomic E-state index is 0.361. The summed E-state index contributed by atoms with van der Waals surface area (Å²) in [6.45, 7) is 0. The molecule has 0 saturated heterocycles. The Hall–Kier alpha value is -2.10. The number of hydrogen-bond donors (Lipinski definition) is 1. The van der Waals surface area contributed by atoms with E-state index in [0.717, 1.165) is 10.9 Å². The normalized spacial score (nSPS) is 16.2. The van der Waals surface area contributed by atoms with Gasteiger partial charge in [0.05, 0.1) is 5.52 Å². The van der Waals surface area contributed by atoms with E-state index in [9.17, 15) is 4.79 Å². The maximum atomic E-state index is 10.8. The lowest BCUT2D eigenvalue weighted by molar-refractivity contribution is 0.145. The van der Waals surface area contributed by atoms with E-state index < -0.39 is 6.16 Å². The van der Waals surface area contributed by atoms with E-state index in [1.807, 2.05) is 18.3 Å². The molecule has 0 aliphatic heterocycles. The first-order valence-electron chi connectivity index (χ1n) is 7.03. The van der Waals surface area contributed by atoms with Gasteiger partial charge in [-0.25, -0.2) is 4.79 Å². The zero-order valence-corrected chi connectivity index (χ0v) is 11.2. The van der Waals surface area contributed by atoms with Crippen LogP contribution in [0.1, 0.15) is 43.6 Å². The Morgan fingerprint density at radius 1 is 1.25 bits per heavy atom. The minimum atomic E-state index is -1.29. The van der Waals surface area contributed by atoms with Crippen LogP contribution in [0.4, 0.5) is 4.79 Å². The molecule has 0 atom stereocenters. The molecular weight excluding hydrogens is 254 g/mol. The Morgan fingerprint density at radius 2 is 2.05 bits per heavy atom. The van der Waals surface area contributed by atoms with Crippen molar-refractivity contribution in [2.75, 3.05) is 0 Å². The van der Waals surface area contributed by atoms with Crippen molar-refractivity contribution >= 4 is 17.1 Å². The second kappa shape index (κ2) is 5.49. The molecule has 1 aliphatic rings. The number of pyridine rings is 1. The predicted molar refractivity (Wildman–Crippen MR) is 76.2 cm³/mol. The first-order valence-corrected chi connectivity index (χ1v) is 7.03. The van der Waals surface area contributed by atoms with Crippen molar-refractivity contribution in [1.82, 2.24) is 4.98 Å². The number of fused-ring (bicyclic) bond motifs is 1. The minimum Gasteiger partial charge on any atom is -0.449 e. The molecule has 1 N–H and O–H groups in total. The number of carbonyl (C=O) groups is 1. The van der Waals surface area contributed by atoms with Gasteiger partial charge in [0.1, 0.15) is 5.75 Å². The highest BCUT2D eigenvalue weighted by atomic mass is 16.7. The number of hydrogen-bond acceptors (Lipinski definition) is 3. The van der Waals surface area contributed by atoms with Gasteiger partial charge < -0.3 is 9.84 Å². The summed E-state index contributed by atoms with van der Waals surface area (Å²) >= 11 is 0. The Balaban J connectivity index is 2.01. The van der Waals surface area contributed by atoms with Crippen LogP contribution in [0.2, 0.25) is 0 Å². The van der Waals surface area contributed by atoms with Gasteiger partial charge >= 0.3 is 6.16 Å². The van der Waals surface area contributed by atoms with E-state index in [0.29, 0.717) is 11.7 Å². The van der Waals surface area contributed by atoms with Gasteiger partial charge in [-0.05, 0) is 42.5 Å². The van der Waals surface area contributed by atoms with Crippen LogP contribution in [0.3, 0.4) is 0 Å². The fraction of sp³-hybridized carbons (Fsp3) is 0.375. The highest BCUT2D eigenvalue weighted by Crippen LogP contribution is 2.35. The number of carboxylic acid groups (broad SMARTS) is 1. The van der Waals surface area contributed by atoms with Gasteiger partial charge in [0, 0.05) is 11.6 Å². The molecule has 2 aromatic rings. The topological polar surface area (TPSA) is 59.4 Å². The SMILES string of the molecule is O=C(O)Oc1cccc2ncc(C3CCCCC3)cc12. The van der Waals surface area contributed by atoms with Crippen molar-refractivity contribution in [3.8, 4) is 5.75 Å². The standard InChI is InChI=1S/C16H17NO3/c18-16(19)20-15-8-4-7-14-13(15)9-12(10-17-14)11-5-2-1-3-6-11/h4,7-11H,1-3,5-6H2,(H,18,19). The van der Waals surface area contributed by atoms with E-state index >= 15 is 0 Å². The van der Waals surface area contributed by atoms with E-state index in [1.165, 1.54) is 37.7 Å². The molecular formula is C16H17NO3. The summed E-state index contributed by atoms with van der Waals surface area (Å²) in [5, 5.41) is 9.58. The molecule has 1 saturated carbocycles. The van der Waals surface area contributed by atoms with Crippen LogP contribution in [-0.2, 0) is 0 Å². The Bertz CT molecular complexity index is 633. The smallest absolute Gasteiger partial charge is 0.449 e. The van der Waals surface area contributed by atoms with Crippen molar-refractivity contribution < 1.29 is 14.6 Å². The fourth-order valence-corrected chi connectivity index (χ4v) is 2.98. The Labute approximate surface area is 117 Å². The van der Waals surface area contributed by atoms with Crippen molar-refractivity contribution in [2.24, 2.45) is 0 Å². The number of ether oxygens (including phenoxy) is 1. The second-order valence-corrected chi connectivity index (χ2v) is 5.29. The summed E-state index contributed by atoms with van der Waals surface area (Å²) in [6, 6.07) is 7.34. The van der Waals surface area contributed by atoms with Crippen LogP contribution >= 0.6 is 0 Å². The number of aromatic nitrogens is 1. The third-order valence-electron chi connectivity index (χ3n) is 3.98. The largest absolute Gasteiger partial charge is 0.511 e. The molecule has 4 nitrogen and oxygen atoms in total. The first kappa shape index (κ1) is 12.9. The molecule has 20 heavy (non-hydrogen) atoms. The zero-order chi connectivity index (χ0) is 13.9. The van der Waals surface area contributed by atoms with Crippen LogP contribution in [0.25, 0.3) is 10.9 Å². The molecule has 0 bridgehead atoms. The molecule has 4 heteroatoms. The Kier molecular flexibility index (Phi) is 3.54. The van der Waals surface area contributed by atoms with Crippen LogP contribution < -0.4 is 4.74 Å². The van der Waals surface area contributed by atoms with Crippen molar-refractivity contribution in [2.45, 2.75) is 38.0 Å². The predicted octanol–water partition coefficient (Wildman–Crippen LogP) is 4.34. The van der Waals surface area contributed by atoms with Gasteiger partial charge in [0.25, 0.3) is 0 Å². The monoisotopic (exact) mass is 271 g/mol. The van der Waals surface area contributed by atoms with Gasteiger partial charge in [-0.2, -0.15) is 0 Å². The molecule has 1 heterocycles. The molecule has 3 rings (SSSR count). The van der Waals surface area contributed by atoms with E-state index in [2.05, 4.69) is 4.98 Å². The van der Waals surface area contributed by atoms with Gasteiger partial charge in [-0.3, -0.25) is 4.98 Å². The van der Waals surface area contributed by atoms with Crippen LogP contribution in [-0.4, -0.2) is 16.2 Å². The Morgan fingerprint density at radius 3 is 2.80 bits per heavy atom. The zero-order valence-electron chi connectivity index (χ0n) is 11.2. The second-order valence-electron chi connectivity index (χ2n) is 5.29. The molecule has 0 unspecified atom stereocenters. The lowest BCUT2D eigenvalue weighted by atomic mass is 9.84. The third-order valence-corrected chi connectivity index (χ3v) is 3.98. The molecule has 0 amide bonds. The van der Waals surface area contributed by atoms with Gasteiger partial charge in [-0.15, -0.1) is 0 Å². The summed E-state index contributed by atoms with van der Waals surface area (Å²) < 4.78 is 4.85. The lowest BCUT2D eigenvalue weighted by Gasteiger charge is -2.22. The summed E-state index contributed by atoms with van der Waals surface area (Å²) in [4.78, 5) is 15.2. The first-order chi connectivity index (χ1) is 9.74. The fourth-order valence-electron chi connectivity index (χ4n) is 2.98. The average molecular weight is 271 g/mol. The maximum Gasteiger partial charge on any atom is 0.511 e.